The molecular formula is C29H36N6O5. The van der Waals surface area contributed by atoms with Gasteiger partial charge in [-0.05, 0) is 23.5 Å². The first kappa shape index (κ1) is 30.0. The Morgan fingerprint density at radius 1 is 0.800 bits per heavy atom. The average molecular weight is 549 g/mol. The highest BCUT2D eigenvalue weighted by molar-refractivity contribution is 5.94. The van der Waals surface area contributed by atoms with Crippen molar-refractivity contribution in [3.8, 4) is 0 Å². The molecule has 212 valence electrons. The van der Waals surface area contributed by atoms with E-state index >= 15 is 0 Å². The van der Waals surface area contributed by atoms with Gasteiger partial charge in [-0.2, -0.15) is 0 Å². The summed E-state index contributed by atoms with van der Waals surface area (Å²) in [7, 11) is 0. The maximum atomic E-state index is 13.4. The number of carbonyl (C=O) groups is 4. The fraction of sp³-hybridized carbons (Fsp3) is 0.345. The van der Waals surface area contributed by atoms with Gasteiger partial charge in [0.2, 0.25) is 17.7 Å². The summed E-state index contributed by atoms with van der Waals surface area (Å²) < 4.78 is 0. The normalized spacial score (nSPS) is 14.0. The number of imidazole rings is 1. The van der Waals surface area contributed by atoms with E-state index < -0.39 is 47.9 Å². The van der Waals surface area contributed by atoms with Crippen molar-refractivity contribution >= 4 is 23.7 Å². The summed E-state index contributed by atoms with van der Waals surface area (Å²) in [5.74, 6) is -3.35. The van der Waals surface area contributed by atoms with Gasteiger partial charge >= 0.3 is 5.97 Å². The second kappa shape index (κ2) is 14.6. The van der Waals surface area contributed by atoms with Crippen molar-refractivity contribution in [3.05, 3.63) is 90.0 Å². The lowest BCUT2D eigenvalue weighted by Crippen LogP contribution is -2.59. The van der Waals surface area contributed by atoms with Crippen LogP contribution in [0.2, 0.25) is 0 Å². The number of aromatic nitrogens is 2. The summed E-state index contributed by atoms with van der Waals surface area (Å²) in [6.07, 6.45) is 3.42. The molecule has 7 N–H and O–H groups in total. The standard InChI is InChI=1S/C29H36N6O5/c1-18(2)25(28(38)34-24(29(39)40)14-20-11-7-4-8-12-20)35-27(37)23(15-21-16-31-17-32-21)33-26(36)22(30)13-19-9-5-3-6-10-19/h3-12,16-18,22-25H,13-15,30H2,1-2H3,(H,31,32)(H,33,36)(H,34,38)(H,35,37)(H,39,40). The van der Waals surface area contributed by atoms with E-state index in [1.165, 1.54) is 12.5 Å². The molecule has 11 nitrogen and oxygen atoms in total. The molecule has 0 aliphatic heterocycles. The molecule has 3 aromatic rings. The lowest BCUT2D eigenvalue weighted by atomic mass is 10.00. The van der Waals surface area contributed by atoms with Crippen LogP contribution in [0, 0.1) is 5.92 Å². The number of carboxylic acid groups (broad SMARTS) is 1. The Morgan fingerprint density at radius 2 is 1.38 bits per heavy atom. The molecule has 0 aliphatic carbocycles. The van der Waals surface area contributed by atoms with E-state index in [0.717, 1.165) is 11.1 Å². The largest absolute Gasteiger partial charge is 0.480 e. The van der Waals surface area contributed by atoms with Crippen molar-refractivity contribution in [2.75, 3.05) is 0 Å². The van der Waals surface area contributed by atoms with Crippen LogP contribution in [-0.4, -0.2) is 62.9 Å². The summed E-state index contributed by atoms with van der Waals surface area (Å²) >= 11 is 0. The van der Waals surface area contributed by atoms with Gasteiger partial charge in [0, 0.05) is 24.7 Å². The van der Waals surface area contributed by atoms with Crippen LogP contribution in [0.25, 0.3) is 0 Å². The van der Waals surface area contributed by atoms with Gasteiger partial charge in [0.05, 0.1) is 12.4 Å². The Labute approximate surface area is 233 Å². The molecule has 0 aliphatic rings. The monoisotopic (exact) mass is 548 g/mol. The predicted octanol–water partition coefficient (Wildman–Crippen LogP) is 0.960. The van der Waals surface area contributed by atoms with Crippen LogP contribution >= 0.6 is 0 Å². The quantitative estimate of drug-likeness (QED) is 0.174. The van der Waals surface area contributed by atoms with Crippen LogP contribution < -0.4 is 21.7 Å². The topological polar surface area (TPSA) is 179 Å². The first-order valence-electron chi connectivity index (χ1n) is 13.1. The fourth-order valence-electron chi connectivity index (χ4n) is 4.17. The fourth-order valence-corrected chi connectivity index (χ4v) is 4.17. The summed E-state index contributed by atoms with van der Waals surface area (Å²) in [5.41, 5.74) is 8.35. The highest BCUT2D eigenvalue weighted by Gasteiger charge is 2.32. The number of nitrogens with zero attached hydrogens (tertiary/aromatic N) is 1. The lowest BCUT2D eigenvalue weighted by Gasteiger charge is -2.27. The number of amides is 3. The van der Waals surface area contributed by atoms with Crippen molar-refractivity contribution in [3.63, 3.8) is 0 Å². The predicted molar refractivity (Wildman–Crippen MR) is 149 cm³/mol. The molecule has 0 saturated heterocycles. The van der Waals surface area contributed by atoms with Gasteiger partial charge in [-0.3, -0.25) is 14.4 Å². The second-order valence-electron chi connectivity index (χ2n) is 9.96. The van der Waals surface area contributed by atoms with Crippen LogP contribution in [0.5, 0.6) is 0 Å². The van der Waals surface area contributed by atoms with Gasteiger partial charge in [-0.25, -0.2) is 9.78 Å². The van der Waals surface area contributed by atoms with E-state index in [1.54, 1.807) is 38.1 Å². The molecule has 1 heterocycles. The van der Waals surface area contributed by atoms with Crippen molar-refractivity contribution < 1.29 is 24.3 Å². The van der Waals surface area contributed by atoms with E-state index in [2.05, 4.69) is 25.9 Å². The summed E-state index contributed by atoms with van der Waals surface area (Å²) in [6, 6.07) is 14.0. The Morgan fingerprint density at radius 3 is 1.90 bits per heavy atom. The first-order chi connectivity index (χ1) is 19.1. The molecule has 0 spiro atoms. The van der Waals surface area contributed by atoms with Crippen molar-refractivity contribution in [2.24, 2.45) is 11.7 Å². The van der Waals surface area contributed by atoms with Crippen LogP contribution in [-0.2, 0) is 38.4 Å². The highest BCUT2D eigenvalue weighted by Crippen LogP contribution is 2.09. The Balaban J connectivity index is 1.71. The molecule has 0 bridgehead atoms. The number of H-pyrrole nitrogens is 1. The molecule has 0 saturated carbocycles. The van der Waals surface area contributed by atoms with E-state index in [0.29, 0.717) is 5.69 Å². The molecule has 11 heteroatoms. The number of nitrogens with one attached hydrogen (secondary N) is 4. The zero-order chi connectivity index (χ0) is 29.1. The van der Waals surface area contributed by atoms with Crippen molar-refractivity contribution in [2.45, 2.75) is 57.3 Å². The summed E-state index contributed by atoms with van der Waals surface area (Å²) in [4.78, 5) is 58.3. The molecule has 1 aromatic heterocycles. The van der Waals surface area contributed by atoms with Gasteiger partial charge in [0.1, 0.15) is 18.1 Å². The van der Waals surface area contributed by atoms with Gasteiger partial charge in [0.25, 0.3) is 0 Å². The minimum atomic E-state index is -1.19. The molecule has 0 radical (unpaired) electrons. The molecular weight excluding hydrogens is 512 g/mol. The van der Waals surface area contributed by atoms with Crippen LogP contribution in [0.1, 0.15) is 30.7 Å². The molecule has 2 aromatic carbocycles. The SMILES string of the molecule is CC(C)C(NC(=O)C(Cc1cnc[nH]1)NC(=O)C(N)Cc1ccccc1)C(=O)NC(Cc1ccccc1)C(=O)O. The number of aliphatic carboxylic acids is 1. The number of benzene rings is 2. The van der Waals surface area contributed by atoms with Gasteiger partial charge < -0.3 is 31.8 Å². The van der Waals surface area contributed by atoms with E-state index in [-0.39, 0.29) is 25.2 Å². The molecule has 4 atom stereocenters. The Bertz CT molecular complexity index is 1250. The number of aromatic amines is 1. The van der Waals surface area contributed by atoms with Gasteiger partial charge in [-0.1, -0.05) is 74.5 Å². The van der Waals surface area contributed by atoms with E-state index in [9.17, 15) is 24.3 Å². The third kappa shape index (κ3) is 9.05. The van der Waals surface area contributed by atoms with E-state index in [1.807, 2.05) is 36.4 Å². The highest BCUT2D eigenvalue weighted by atomic mass is 16.4. The zero-order valence-electron chi connectivity index (χ0n) is 22.5. The minimum absolute atomic E-state index is 0.0772. The number of hydrogen-bond acceptors (Lipinski definition) is 6. The van der Waals surface area contributed by atoms with Crippen molar-refractivity contribution in [1.29, 1.82) is 0 Å². The summed E-state index contributed by atoms with van der Waals surface area (Å²) in [5, 5.41) is 17.6. The maximum absolute atomic E-state index is 13.4. The smallest absolute Gasteiger partial charge is 0.326 e. The summed E-state index contributed by atoms with van der Waals surface area (Å²) in [6.45, 7) is 3.46. The van der Waals surface area contributed by atoms with Crippen LogP contribution in [0.4, 0.5) is 0 Å². The van der Waals surface area contributed by atoms with Crippen molar-refractivity contribution in [1.82, 2.24) is 25.9 Å². The number of carbonyl (C=O) groups excluding carboxylic acids is 3. The lowest BCUT2D eigenvalue weighted by molar-refractivity contribution is -0.142. The van der Waals surface area contributed by atoms with Crippen LogP contribution in [0.15, 0.2) is 73.2 Å². The number of nitrogens with two attached hydrogens (primary N) is 1. The van der Waals surface area contributed by atoms with E-state index in [4.69, 9.17) is 5.73 Å². The Kier molecular flexibility index (Phi) is 11.0. The molecule has 0 fully saturated rings. The van der Waals surface area contributed by atoms with Crippen LogP contribution in [0.3, 0.4) is 0 Å². The third-order valence-electron chi connectivity index (χ3n) is 6.39. The second-order valence-corrected chi connectivity index (χ2v) is 9.96. The van der Waals surface area contributed by atoms with Gasteiger partial charge in [-0.15, -0.1) is 0 Å². The number of hydrogen-bond donors (Lipinski definition) is 6. The molecule has 3 amide bonds. The zero-order valence-corrected chi connectivity index (χ0v) is 22.5. The van der Waals surface area contributed by atoms with Gasteiger partial charge in [0.15, 0.2) is 0 Å². The number of rotatable bonds is 14. The minimum Gasteiger partial charge on any atom is -0.480 e. The first-order valence-corrected chi connectivity index (χ1v) is 13.1. The molecule has 4 unspecified atom stereocenters. The Hall–Kier alpha value is -4.51. The third-order valence-corrected chi connectivity index (χ3v) is 6.39. The maximum Gasteiger partial charge on any atom is 0.326 e. The molecule has 40 heavy (non-hydrogen) atoms. The number of carboxylic acids is 1. The average Bonchev–Trinajstić information content (AvgIpc) is 3.44. The molecule has 3 rings (SSSR count).